The van der Waals surface area contributed by atoms with Gasteiger partial charge in [0.25, 0.3) is 0 Å². The average Bonchev–Trinajstić information content (AvgIpc) is 2.27. The van der Waals surface area contributed by atoms with Gasteiger partial charge in [-0.3, -0.25) is 4.79 Å². The Bertz CT molecular complexity index is 249. The van der Waals surface area contributed by atoms with Crippen molar-refractivity contribution in [1.29, 1.82) is 5.26 Å². The summed E-state index contributed by atoms with van der Waals surface area (Å²) in [6.07, 6.45) is 3.28. The van der Waals surface area contributed by atoms with Crippen LogP contribution < -0.4 is 5.32 Å². The Morgan fingerprint density at radius 3 is 2.62 bits per heavy atom. The van der Waals surface area contributed by atoms with E-state index >= 15 is 0 Å². The molecule has 4 nitrogen and oxygen atoms in total. The van der Waals surface area contributed by atoms with Crippen molar-refractivity contribution in [3.05, 3.63) is 0 Å². The third-order valence-corrected chi connectivity index (χ3v) is 3.62. The number of nitrogens with zero attached hydrogens (tertiary/aromatic N) is 1. The van der Waals surface area contributed by atoms with Gasteiger partial charge in [-0.25, -0.2) is 0 Å². The van der Waals surface area contributed by atoms with Crippen molar-refractivity contribution in [2.24, 2.45) is 5.92 Å². The van der Waals surface area contributed by atoms with Gasteiger partial charge in [0, 0.05) is 11.3 Å². The monoisotopic (exact) mass is 244 g/mol. The predicted octanol–water partition coefficient (Wildman–Crippen LogP) is 1.15. The number of hydrogen-bond donors (Lipinski definition) is 2. The maximum absolute atomic E-state index is 11.7. The lowest BCUT2D eigenvalue weighted by Gasteiger charge is -2.22. The van der Waals surface area contributed by atoms with Crippen LogP contribution in [0.3, 0.4) is 0 Å². The zero-order valence-electron chi connectivity index (χ0n) is 10.1. The largest absolute Gasteiger partial charge is 0.395 e. The molecule has 0 aromatic rings. The van der Waals surface area contributed by atoms with Gasteiger partial charge in [-0.2, -0.15) is 17.0 Å². The lowest BCUT2D eigenvalue weighted by atomic mass is 10.0. The SMILES string of the molecule is CCCC(C#N)C(=O)NC(C)C(CO)SC. The van der Waals surface area contributed by atoms with Crippen molar-refractivity contribution in [2.75, 3.05) is 12.9 Å². The zero-order chi connectivity index (χ0) is 12.6. The highest BCUT2D eigenvalue weighted by Gasteiger charge is 2.22. The van der Waals surface area contributed by atoms with Crippen LogP contribution in [0.5, 0.6) is 0 Å². The lowest BCUT2D eigenvalue weighted by Crippen LogP contribution is -2.43. The van der Waals surface area contributed by atoms with Crippen LogP contribution in [0.15, 0.2) is 0 Å². The molecule has 92 valence electrons. The zero-order valence-corrected chi connectivity index (χ0v) is 10.9. The molecule has 3 atom stereocenters. The molecule has 0 rings (SSSR count). The topological polar surface area (TPSA) is 73.1 Å². The predicted molar refractivity (Wildman–Crippen MR) is 66.0 cm³/mol. The molecule has 0 spiro atoms. The number of aliphatic hydroxyl groups excluding tert-OH is 1. The van der Waals surface area contributed by atoms with Gasteiger partial charge in [0.2, 0.25) is 5.91 Å². The molecule has 0 aromatic heterocycles. The van der Waals surface area contributed by atoms with Gasteiger partial charge in [-0.05, 0) is 19.6 Å². The summed E-state index contributed by atoms with van der Waals surface area (Å²) in [4.78, 5) is 11.7. The summed E-state index contributed by atoms with van der Waals surface area (Å²) in [5.74, 6) is -0.807. The molecule has 0 heterocycles. The number of amides is 1. The molecule has 0 aromatic carbocycles. The van der Waals surface area contributed by atoms with E-state index in [1.807, 2.05) is 26.2 Å². The van der Waals surface area contributed by atoms with Crippen LogP contribution in [0, 0.1) is 17.2 Å². The molecular formula is C11H20N2O2S. The molecule has 5 heteroatoms. The van der Waals surface area contributed by atoms with E-state index in [4.69, 9.17) is 10.4 Å². The highest BCUT2D eigenvalue weighted by molar-refractivity contribution is 7.99. The van der Waals surface area contributed by atoms with E-state index in [9.17, 15) is 4.79 Å². The van der Waals surface area contributed by atoms with Crippen LogP contribution in [0.1, 0.15) is 26.7 Å². The number of carbonyl (C=O) groups is 1. The average molecular weight is 244 g/mol. The Morgan fingerprint density at radius 1 is 1.62 bits per heavy atom. The molecule has 0 radical (unpaired) electrons. The van der Waals surface area contributed by atoms with Crippen LogP contribution in [-0.4, -0.2) is 35.2 Å². The standard InChI is InChI=1S/C11H20N2O2S/c1-4-5-9(6-12)11(15)13-8(2)10(7-14)16-3/h8-10,14H,4-5,7H2,1-3H3,(H,13,15). The maximum Gasteiger partial charge on any atom is 0.237 e. The Morgan fingerprint density at radius 2 is 2.25 bits per heavy atom. The van der Waals surface area contributed by atoms with Crippen LogP contribution in [0.4, 0.5) is 0 Å². The second-order valence-corrected chi connectivity index (χ2v) is 4.80. The third-order valence-electron chi connectivity index (χ3n) is 2.46. The minimum atomic E-state index is -0.575. The Kier molecular flexibility index (Phi) is 8.04. The number of hydrogen-bond acceptors (Lipinski definition) is 4. The molecule has 0 saturated carbocycles. The quantitative estimate of drug-likeness (QED) is 0.704. The van der Waals surface area contributed by atoms with Crippen LogP contribution in [0.25, 0.3) is 0 Å². The van der Waals surface area contributed by atoms with E-state index in [-0.39, 0.29) is 23.8 Å². The minimum Gasteiger partial charge on any atom is -0.395 e. The van der Waals surface area contributed by atoms with Gasteiger partial charge < -0.3 is 10.4 Å². The van der Waals surface area contributed by atoms with Crippen molar-refractivity contribution >= 4 is 17.7 Å². The highest BCUT2D eigenvalue weighted by Crippen LogP contribution is 2.12. The normalized spacial score (nSPS) is 15.9. The molecule has 0 bridgehead atoms. The van der Waals surface area contributed by atoms with Gasteiger partial charge in [-0.15, -0.1) is 0 Å². The van der Waals surface area contributed by atoms with Crippen LogP contribution >= 0.6 is 11.8 Å². The van der Waals surface area contributed by atoms with Crippen LogP contribution in [-0.2, 0) is 4.79 Å². The summed E-state index contributed by atoms with van der Waals surface area (Å²) < 4.78 is 0. The summed E-state index contributed by atoms with van der Waals surface area (Å²) in [6, 6.07) is 1.88. The molecule has 0 fully saturated rings. The molecule has 2 N–H and O–H groups in total. The first kappa shape index (κ1) is 15.3. The minimum absolute atomic E-state index is 0.0214. The summed E-state index contributed by atoms with van der Waals surface area (Å²) in [5, 5.41) is 20.7. The number of carbonyl (C=O) groups excluding carboxylic acids is 1. The Hall–Kier alpha value is -0.730. The number of thioether (sulfide) groups is 1. The van der Waals surface area contributed by atoms with Crippen molar-refractivity contribution in [3.63, 3.8) is 0 Å². The second-order valence-electron chi connectivity index (χ2n) is 3.72. The van der Waals surface area contributed by atoms with Crippen LogP contribution in [0.2, 0.25) is 0 Å². The maximum atomic E-state index is 11.7. The van der Waals surface area contributed by atoms with Crippen molar-refractivity contribution < 1.29 is 9.90 Å². The first-order valence-corrected chi connectivity index (χ1v) is 6.73. The summed E-state index contributed by atoms with van der Waals surface area (Å²) in [7, 11) is 0. The van der Waals surface area contributed by atoms with E-state index in [1.54, 1.807) is 0 Å². The molecule has 0 aliphatic heterocycles. The lowest BCUT2D eigenvalue weighted by molar-refractivity contribution is -0.124. The van der Waals surface area contributed by atoms with E-state index in [0.29, 0.717) is 6.42 Å². The fourth-order valence-electron chi connectivity index (χ4n) is 1.40. The molecule has 0 aliphatic carbocycles. The van der Waals surface area contributed by atoms with Gasteiger partial charge in [0.05, 0.1) is 12.7 Å². The summed E-state index contributed by atoms with van der Waals surface area (Å²) >= 11 is 1.51. The number of rotatable bonds is 7. The molecule has 1 amide bonds. The van der Waals surface area contributed by atoms with Crippen molar-refractivity contribution in [1.82, 2.24) is 5.32 Å². The molecule has 0 saturated heterocycles. The van der Waals surface area contributed by atoms with Crippen molar-refractivity contribution in [3.8, 4) is 6.07 Å². The van der Waals surface area contributed by atoms with Crippen molar-refractivity contribution in [2.45, 2.75) is 38.0 Å². The summed E-state index contributed by atoms with van der Waals surface area (Å²) in [6.45, 7) is 3.81. The fraction of sp³-hybridized carbons (Fsp3) is 0.818. The van der Waals surface area contributed by atoms with Gasteiger partial charge in [-0.1, -0.05) is 13.3 Å². The summed E-state index contributed by atoms with van der Waals surface area (Å²) in [5.41, 5.74) is 0. The molecule has 0 aliphatic rings. The third kappa shape index (κ3) is 4.86. The molecule has 16 heavy (non-hydrogen) atoms. The van der Waals surface area contributed by atoms with E-state index in [1.165, 1.54) is 11.8 Å². The smallest absolute Gasteiger partial charge is 0.237 e. The van der Waals surface area contributed by atoms with E-state index in [2.05, 4.69) is 5.32 Å². The van der Waals surface area contributed by atoms with Gasteiger partial charge >= 0.3 is 0 Å². The Balaban J connectivity index is 4.26. The second kappa shape index (κ2) is 8.43. The molecule has 3 unspecified atom stereocenters. The number of nitriles is 1. The highest BCUT2D eigenvalue weighted by atomic mass is 32.2. The molecular weight excluding hydrogens is 224 g/mol. The fourth-order valence-corrected chi connectivity index (χ4v) is 2.02. The number of nitrogens with one attached hydrogen (secondary N) is 1. The Labute approximate surface area is 101 Å². The number of aliphatic hydroxyl groups is 1. The first-order chi connectivity index (χ1) is 7.60. The van der Waals surface area contributed by atoms with Gasteiger partial charge in [0.1, 0.15) is 5.92 Å². The van der Waals surface area contributed by atoms with E-state index in [0.717, 1.165) is 6.42 Å². The van der Waals surface area contributed by atoms with E-state index < -0.39 is 5.92 Å². The first-order valence-electron chi connectivity index (χ1n) is 5.44. The van der Waals surface area contributed by atoms with Gasteiger partial charge in [0.15, 0.2) is 0 Å².